The standard InChI is InChI=1S/C16H25NO3S/c1-3-17-15(14-8-4-5-9-16(14)19-2)12-21(18)11-13-7-6-10-20-13/h4-5,8-9,13,15,17H,3,6-7,10-12H2,1-2H3. The van der Waals surface area contributed by atoms with Crippen LogP contribution in [0.15, 0.2) is 24.3 Å². The van der Waals surface area contributed by atoms with Gasteiger partial charge in [-0.25, -0.2) is 0 Å². The topological polar surface area (TPSA) is 47.6 Å². The Balaban J connectivity index is 2.02. The number of rotatable bonds is 8. The Morgan fingerprint density at radius 1 is 1.48 bits per heavy atom. The molecule has 0 radical (unpaired) electrons. The highest BCUT2D eigenvalue weighted by Gasteiger charge is 2.22. The van der Waals surface area contributed by atoms with Crippen LogP contribution in [0.25, 0.3) is 0 Å². The van der Waals surface area contributed by atoms with E-state index in [1.807, 2.05) is 24.3 Å². The minimum atomic E-state index is -0.895. The zero-order chi connectivity index (χ0) is 15.1. The minimum absolute atomic E-state index is 0.0494. The Kier molecular flexibility index (Phi) is 6.67. The summed E-state index contributed by atoms with van der Waals surface area (Å²) < 4.78 is 23.4. The maximum atomic E-state index is 12.4. The summed E-state index contributed by atoms with van der Waals surface area (Å²) in [7, 11) is 0.777. The van der Waals surface area contributed by atoms with Crippen molar-refractivity contribution in [2.45, 2.75) is 31.9 Å². The van der Waals surface area contributed by atoms with Crippen molar-refractivity contribution in [3.63, 3.8) is 0 Å². The van der Waals surface area contributed by atoms with Gasteiger partial charge in [-0.05, 0) is 25.5 Å². The highest BCUT2D eigenvalue weighted by atomic mass is 32.2. The molecule has 3 atom stereocenters. The molecule has 1 saturated heterocycles. The Labute approximate surface area is 129 Å². The molecule has 1 aliphatic rings. The van der Waals surface area contributed by atoms with Gasteiger partial charge < -0.3 is 14.8 Å². The first-order valence-corrected chi connectivity index (χ1v) is 9.06. The Morgan fingerprint density at radius 3 is 2.95 bits per heavy atom. The molecule has 0 bridgehead atoms. The van der Waals surface area contributed by atoms with Gasteiger partial charge in [0.25, 0.3) is 0 Å². The average Bonchev–Trinajstić information content (AvgIpc) is 2.99. The van der Waals surface area contributed by atoms with Crippen molar-refractivity contribution in [1.29, 1.82) is 0 Å². The van der Waals surface area contributed by atoms with Gasteiger partial charge in [-0.2, -0.15) is 0 Å². The quantitative estimate of drug-likeness (QED) is 0.800. The molecule has 0 amide bonds. The largest absolute Gasteiger partial charge is 0.496 e. The van der Waals surface area contributed by atoms with E-state index in [0.29, 0.717) is 11.5 Å². The summed E-state index contributed by atoms with van der Waals surface area (Å²) in [5, 5.41) is 3.42. The molecule has 21 heavy (non-hydrogen) atoms. The molecule has 1 heterocycles. The van der Waals surface area contributed by atoms with Crippen molar-refractivity contribution < 1.29 is 13.7 Å². The predicted octanol–water partition coefficient (Wildman–Crippen LogP) is 2.27. The van der Waals surface area contributed by atoms with Crippen LogP contribution < -0.4 is 10.1 Å². The van der Waals surface area contributed by atoms with Crippen molar-refractivity contribution in [3.8, 4) is 5.75 Å². The van der Waals surface area contributed by atoms with Crippen molar-refractivity contribution in [1.82, 2.24) is 5.32 Å². The Bertz CT molecular complexity index is 461. The third kappa shape index (κ3) is 4.80. The van der Waals surface area contributed by atoms with Crippen LogP contribution in [0.1, 0.15) is 31.4 Å². The number of hydrogen-bond donors (Lipinski definition) is 1. The van der Waals surface area contributed by atoms with Crippen molar-refractivity contribution in [2.75, 3.05) is 31.8 Å². The van der Waals surface area contributed by atoms with Crippen LogP contribution in [-0.2, 0) is 15.5 Å². The average molecular weight is 311 g/mol. The monoisotopic (exact) mass is 311 g/mol. The highest BCUT2D eigenvalue weighted by molar-refractivity contribution is 7.85. The first-order chi connectivity index (χ1) is 10.2. The lowest BCUT2D eigenvalue weighted by molar-refractivity contribution is 0.128. The Morgan fingerprint density at radius 2 is 2.29 bits per heavy atom. The molecule has 2 rings (SSSR count). The number of ether oxygens (including phenoxy) is 2. The van der Waals surface area contributed by atoms with Crippen molar-refractivity contribution in [3.05, 3.63) is 29.8 Å². The Hall–Kier alpha value is -0.910. The molecule has 5 heteroatoms. The van der Waals surface area contributed by atoms with Gasteiger partial charge in [0.05, 0.1) is 13.2 Å². The van der Waals surface area contributed by atoms with Crippen LogP contribution in [0, 0.1) is 0 Å². The first kappa shape index (κ1) is 16.5. The lowest BCUT2D eigenvalue weighted by atomic mass is 10.1. The van der Waals surface area contributed by atoms with E-state index in [-0.39, 0.29) is 12.1 Å². The van der Waals surface area contributed by atoms with E-state index in [1.54, 1.807) is 7.11 Å². The molecule has 1 fully saturated rings. The molecule has 0 aliphatic carbocycles. The number of benzene rings is 1. The normalized spacial score (nSPS) is 21.1. The molecule has 4 nitrogen and oxygen atoms in total. The van der Waals surface area contributed by atoms with Crippen LogP contribution in [0.5, 0.6) is 5.75 Å². The second-order valence-corrected chi connectivity index (χ2v) is 6.81. The zero-order valence-electron chi connectivity index (χ0n) is 12.8. The van der Waals surface area contributed by atoms with Gasteiger partial charge in [0.2, 0.25) is 0 Å². The molecular weight excluding hydrogens is 286 g/mol. The maximum absolute atomic E-state index is 12.4. The molecular formula is C16H25NO3S. The van der Waals surface area contributed by atoms with Crippen molar-refractivity contribution in [2.24, 2.45) is 0 Å². The summed E-state index contributed by atoms with van der Waals surface area (Å²) in [4.78, 5) is 0. The van der Waals surface area contributed by atoms with Gasteiger partial charge in [0.1, 0.15) is 5.75 Å². The second kappa shape index (κ2) is 8.51. The fourth-order valence-electron chi connectivity index (χ4n) is 2.70. The molecule has 1 N–H and O–H groups in total. The van der Waals surface area contributed by atoms with E-state index >= 15 is 0 Å². The van der Waals surface area contributed by atoms with Gasteiger partial charge in [0.15, 0.2) is 0 Å². The van der Waals surface area contributed by atoms with E-state index in [1.165, 1.54) is 0 Å². The van der Waals surface area contributed by atoms with Gasteiger partial charge in [-0.15, -0.1) is 0 Å². The molecule has 1 aliphatic heterocycles. The van der Waals surface area contributed by atoms with E-state index in [0.717, 1.165) is 37.3 Å². The van der Waals surface area contributed by atoms with Crippen LogP contribution in [0.3, 0.4) is 0 Å². The summed E-state index contributed by atoms with van der Waals surface area (Å²) in [5.41, 5.74) is 1.07. The lowest BCUT2D eigenvalue weighted by Crippen LogP contribution is -2.29. The maximum Gasteiger partial charge on any atom is 0.123 e. The summed E-state index contributed by atoms with van der Waals surface area (Å²) in [6, 6.07) is 7.98. The van der Waals surface area contributed by atoms with Gasteiger partial charge in [-0.1, -0.05) is 25.1 Å². The molecule has 0 saturated carbocycles. The minimum Gasteiger partial charge on any atom is -0.496 e. The fraction of sp³-hybridized carbons (Fsp3) is 0.625. The van der Waals surface area contributed by atoms with Gasteiger partial charge in [0, 0.05) is 40.5 Å². The van der Waals surface area contributed by atoms with Crippen LogP contribution >= 0.6 is 0 Å². The predicted molar refractivity (Wildman–Crippen MR) is 86.3 cm³/mol. The van der Waals surface area contributed by atoms with E-state index in [4.69, 9.17) is 9.47 Å². The zero-order valence-corrected chi connectivity index (χ0v) is 13.7. The summed E-state index contributed by atoms with van der Waals surface area (Å²) in [5.74, 6) is 2.07. The van der Waals surface area contributed by atoms with E-state index in [2.05, 4.69) is 12.2 Å². The summed E-state index contributed by atoms with van der Waals surface area (Å²) in [6.45, 7) is 3.70. The van der Waals surface area contributed by atoms with Crippen LogP contribution in [-0.4, -0.2) is 42.1 Å². The number of methoxy groups -OCH3 is 1. The van der Waals surface area contributed by atoms with Gasteiger partial charge >= 0.3 is 0 Å². The molecule has 0 spiro atoms. The lowest BCUT2D eigenvalue weighted by Gasteiger charge is -2.21. The highest BCUT2D eigenvalue weighted by Crippen LogP contribution is 2.26. The molecule has 0 aromatic heterocycles. The van der Waals surface area contributed by atoms with E-state index in [9.17, 15) is 4.21 Å². The smallest absolute Gasteiger partial charge is 0.123 e. The third-order valence-electron chi connectivity index (χ3n) is 3.71. The van der Waals surface area contributed by atoms with Crippen LogP contribution in [0.2, 0.25) is 0 Å². The second-order valence-electron chi connectivity index (χ2n) is 5.26. The molecule has 118 valence electrons. The number of hydrogen-bond acceptors (Lipinski definition) is 4. The summed E-state index contributed by atoms with van der Waals surface area (Å²) >= 11 is 0. The molecule has 1 aromatic rings. The van der Waals surface area contributed by atoms with Crippen molar-refractivity contribution >= 4 is 10.8 Å². The van der Waals surface area contributed by atoms with Gasteiger partial charge in [-0.3, -0.25) is 4.21 Å². The number of para-hydroxylation sites is 1. The SMILES string of the molecule is CCNC(CS(=O)CC1CCCO1)c1ccccc1OC. The third-order valence-corrected chi connectivity index (χ3v) is 5.16. The first-order valence-electron chi connectivity index (χ1n) is 7.57. The summed E-state index contributed by atoms with van der Waals surface area (Å²) in [6.07, 6.45) is 2.29. The number of nitrogens with one attached hydrogen (secondary N) is 1. The molecule has 3 unspecified atom stereocenters. The fourth-order valence-corrected chi connectivity index (χ4v) is 4.18. The van der Waals surface area contributed by atoms with Crippen LogP contribution in [0.4, 0.5) is 0 Å². The van der Waals surface area contributed by atoms with E-state index < -0.39 is 10.8 Å². The molecule has 1 aromatic carbocycles.